The number of Topliss-reactive ketones (excluding diaryl/α,β-unsaturated/α-hetero) is 1. The van der Waals surface area contributed by atoms with Gasteiger partial charge in [-0.2, -0.15) is 0 Å². The first kappa shape index (κ1) is 32.2. The molecule has 242 valence electrons. The predicted molar refractivity (Wildman–Crippen MR) is 146 cm³/mol. The van der Waals surface area contributed by atoms with Gasteiger partial charge in [0.25, 0.3) is 0 Å². The molecule has 0 amide bonds. The van der Waals surface area contributed by atoms with E-state index in [0.29, 0.717) is 5.56 Å². The Morgan fingerprint density at radius 2 is 1.48 bits per heavy atom. The van der Waals surface area contributed by atoms with E-state index in [9.17, 15) is 45.6 Å². The minimum atomic E-state index is -1.74. The Labute approximate surface area is 251 Å². The maximum absolute atomic E-state index is 12.9. The Morgan fingerprint density at radius 3 is 2.14 bits per heavy atom. The van der Waals surface area contributed by atoms with E-state index in [0.717, 1.165) is 6.07 Å². The van der Waals surface area contributed by atoms with Gasteiger partial charge in [0.15, 0.2) is 17.3 Å². The van der Waals surface area contributed by atoms with Crippen molar-refractivity contribution < 1.29 is 74.1 Å². The number of fused-ring (bicyclic) bond motifs is 1. The van der Waals surface area contributed by atoms with Crippen LogP contribution in [0.4, 0.5) is 0 Å². The monoisotopic (exact) mass is 624 g/mol. The lowest BCUT2D eigenvalue weighted by molar-refractivity contribution is -0.283. The molecule has 5 rings (SSSR count). The molecule has 0 radical (unpaired) electrons. The van der Waals surface area contributed by atoms with E-state index in [1.165, 1.54) is 32.2 Å². The number of phenols is 2. The average Bonchev–Trinajstić information content (AvgIpc) is 2.99. The number of hydrogen-bond donors (Lipinski definition) is 8. The second-order valence-electron chi connectivity index (χ2n) is 11.0. The van der Waals surface area contributed by atoms with Gasteiger partial charge in [0.1, 0.15) is 77.7 Å². The molecule has 3 aliphatic rings. The van der Waals surface area contributed by atoms with E-state index < -0.39 is 78.9 Å². The zero-order valence-corrected chi connectivity index (χ0v) is 23.8. The standard InChI is InChI=1S/C29H36O15/c1-11-23(33)26(36)24(34)20(41-11)9-40-10-21-25(35)27(37)28(38)29(44-21)42-13-6-15(31)22-16(32)8-18(43-19(22)7-13)12-3-4-17(39-2)14(30)5-12/h3-7,11,18,20-21,23-31,33-38H,8-10H2,1-2H3/t11-,18-,20-,21+,23-,24-,25+,26+,27-,28+,29+/m0/s1. The van der Waals surface area contributed by atoms with E-state index in [1.54, 1.807) is 6.07 Å². The van der Waals surface area contributed by atoms with Crippen molar-refractivity contribution >= 4 is 5.78 Å². The molecule has 3 heterocycles. The lowest BCUT2D eigenvalue weighted by Crippen LogP contribution is -2.60. The number of hydrogen-bond acceptors (Lipinski definition) is 15. The Hall–Kier alpha value is -3.25. The van der Waals surface area contributed by atoms with Crippen LogP contribution >= 0.6 is 0 Å². The molecule has 2 aromatic rings. The molecule has 0 saturated carbocycles. The van der Waals surface area contributed by atoms with Crippen LogP contribution < -0.4 is 14.2 Å². The van der Waals surface area contributed by atoms with Crippen LogP contribution in [0.25, 0.3) is 0 Å². The highest BCUT2D eigenvalue weighted by atomic mass is 16.7. The topological polar surface area (TPSA) is 234 Å². The number of aliphatic hydroxyl groups is 6. The van der Waals surface area contributed by atoms with E-state index in [4.69, 9.17) is 28.4 Å². The van der Waals surface area contributed by atoms with Crippen molar-refractivity contribution in [1.82, 2.24) is 0 Å². The van der Waals surface area contributed by atoms with Crippen LogP contribution in [0.1, 0.15) is 35.4 Å². The molecule has 0 spiro atoms. The van der Waals surface area contributed by atoms with Gasteiger partial charge in [-0.1, -0.05) is 6.07 Å². The molecule has 2 saturated heterocycles. The highest BCUT2D eigenvalue weighted by molar-refractivity contribution is 6.02. The highest BCUT2D eigenvalue weighted by Crippen LogP contribution is 2.43. The van der Waals surface area contributed by atoms with Crippen molar-refractivity contribution in [1.29, 1.82) is 0 Å². The first-order chi connectivity index (χ1) is 20.9. The van der Waals surface area contributed by atoms with Gasteiger partial charge in [-0.05, 0) is 24.6 Å². The number of carbonyl (C=O) groups is 1. The van der Waals surface area contributed by atoms with Gasteiger partial charge >= 0.3 is 0 Å². The molecule has 2 fully saturated rings. The number of ketones is 1. The third kappa shape index (κ3) is 6.28. The van der Waals surface area contributed by atoms with E-state index in [2.05, 4.69) is 0 Å². The minimum Gasteiger partial charge on any atom is -0.507 e. The summed E-state index contributed by atoms with van der Waals surface area (Å²) in [6.07, 6.45) is -14.8. The number of aromatic hydroxyl groups is 2. The summed E-state index contributed by atoms with van der Waals surface area (Å²) < 4.78 is 33.4. The summed E-state index contributed by atoms with van der Waals surface area (Å²) in [5, 5.41) is 82.3. The molecular weight excluding hydrogens is 588 g/mol. The van der Waals surface area contributed by atoms with Crippen LogP contribution in [0.3, 0.4) is 0 Å². The number of ether oxygens (including phenoxy) is 6. The van der Waals surface area contributed by atoms with Crippen LogP contribution in [0.5, 0.6) is 28.7 Å². The summed E-state index contributed by atoms with van der Waals surface area (Å²) in [5.74, 6) is -0.932. The zero-order valence-electron chi connectivity index (χ0n) is 23.8. The predicted octanol–water partition coefficient (Wildman–Crippen LogP) is -1.11. The number of aliphatic hydroxyl groups excluding tert-OH is 6. The first-order valence-electron chi connectivity index (χ1n) is 14.0. The van der Waals surface area contributed by atoms with Gasteiger partial charge in [-0.3, -0.25) is 4.79 Å². The molecule has 15 nitrogen and oxygen atoms in total. The van der Waals surface area contributed by atoms with Crippen LogP contribution in [-0.4, -0.2) is 128 Å². The van der Waals surface area contributed by atoms with Crippen LogP contribution in [0.15, 0.2) is 30.3 Å². The van der Waals surface area contributed by atoms with E-state index in [-0.39, 0.29) is 48.2 Å². The third-order valence-electron chi connectivity index (χ3n) is 7.98. The largest absolute Gasteiger partial charge is 0.507 e. The Balaban J connectivity index is 1.27. The fraction of sp³-hybridized carbons (Fsp3) is 0.552. The minimum absolute atomic E-state index is 0.0325. The molecule has 3 aliphatic heterocycles. The molecule has 0 aromatic heterocycles. The summed E-state index contributed by atoms with van der Waals surface area (Å²) in [7, 11) is 1.40. The normalized spacial score (nSPS) is 35.5. The lowest BCUT2D eigenvalue weighted by Gasteiger charge is -2.41. The second-order valence-corrected chi connectivity index (χ2v) is 11.0. The maximum atomic E-state index is 12.9. The van der Waals surface area contributed by atoms with Crippen molar-refractivity contribution in [3.8, 4) is 28.7 Å². The summed E-state index contributed by atoms with van der Waals surface area (Å²) in [6.45, 7) is 0.904. The SMILES string of the molecule is COc1ccc([C@@H]2CC(=O)c3c(O)cc(O[C@@H]4O[C@H](COC[C@@H]5O[C@@H](C)[C@H](O)[C@@H](O)[C@H]5O)[C@@H](O)[C@H](O)[C@H]4O)cc3O2)cc1O. The Bertz CT molecular complexity index is 1340. The Morgan fingerprint density at radius 1 is 0.818 bits per heavy atom. The van der Waals surface area contributed by atoms with Crippen LogP contribution in [0, 0.1) is 0 Å². The first-order valence-corrected chi connectivity index (χ1v) is 14.0. The molecule has 0 aliphatic carbocycles. The summed E-state index contributed by atoms with van der Waals surface area (Å²) >= 11 is 0. The number of benzene rings is 2. The molecule has 2 aromatic carbocycles. The molecular formula is C29H36O15. The highest BCUT2D eigenvalue weighted by Gasteiger charge is 2.46. The summed E-state index contributed by atoms with van der Waals surface area (Å²) in [5.41, 5.74) is 0.391. The average molecular weight is 625 g/mol. The van der Waals surface area contributed by atoms with Gasteiger partial charge in [0.05, 0.1) is 32.8 Å². The Kier molecular flexibility index (Phi) is 9.50. The zero-order chi connectivity index (χ0) is 31.9. The lowest BCUT2D eigenvalue weighted by atomic mass is 9.95. The molecule has 0 unspecified atom stereocenters. The van der Waals surface area contributed by atoms with Gasteiger partial charge < -0.3 is 69.3 Å². The quantitative estimate of drug-likeness (QED) is 0.174. The number of rotatable bonds is 8. The van der Waals surface area contributed by atoms with Crippen molar-refractivity contribution in [3.05, 3.63) is 41.5 Å². The van der Waals surface area contributed by atoms with Crippen molar-refractivity contribution in [3.63, 3.8) is 0 Å². The van der Waals surface area contributed by atoms with Crippen molar-refractivity contribution in [2.24, 2.45) is 0 Å². The van der Waals surface area contributed by atoms with Crippen molar-refractivity contribution in [2.75, 3.05) is 20.3 Å². The van der Waals surface area contributed by atoms with Crippen LogP contribution in [0.2, 0.25) is 0 Å². The van der Waals surface area contributed by atoms with Crippen LogP contribution in [-0.2, 0) is 14.2 Å². The molecule has 0 bridgehead atoms. The molecule has 44 heavy (non-hydrogen) atoms. The van der Waals surface area contributed by atoms with Gasteiger partial charge in [0.2, 0.25) is 6.29 Å². The van der Waals surface area contributed by atoms with Gasteiger partial charge in [0, 0.05) is 12.1 Å². The van der Waals surface area contributed by atoms with E-state index >= 15 is 0 Å². The van der Waals surface area contributed by atoms with Gasteiger partial charge in [-0.25, -0.2) is 0 Å². The van der Waals surface area contributed by atoms with Gasteiger partial charge in [-0.15, -0.1) is 0 Å². The van der Waals surface area contributed by atoms with Crippen molar-refractivity contribution in [2.45, 2.75) is 80.7 Å². The fourth-order valence-electron chi connectivity index (χ4n) is 5.44. The number of methoxy groups -OCH3 is 1. The maximum Gasteiger partial charge on any atom is 0.229 e. The number of carbonyl (C=O) groups excluding carboxylic acids is 1. The molecule has 11 atom stereocenters. The summed E-state index contributed by atoms with van der Waals surface area (Å²) in [4.78, 5) is 12.9. The molecule has 15 heteroatoms. The second kappa shape index (κ2) is 13.0. The fourth-order valence-corrected chi connectivity index (χ4v) is 5.44. The summed E-state index contributed by atoms with van der Waals surface area (Å²) in [6, 6.07) is 6.95. The van der Waals surface area contributed by atoms with E-state index in [1.807, 2.05) is 0 Å². The smallest absolute Gasteiger partial charge is 0.229 e. The third-order valence-corrected chi connectivity index (χ3v) is 7.98. The number of phenolic OH excluding ortho intramolecular Hbond substituents is 2. The molecule has 8 N–H and O–H groups in total.